The Balaban J connectivity index is 1.97. The molecule has 3 rings (SSSR count). The lowest BCUT2D eigenvalue weighted by Gasteiger charge is -2.38. The Labute approximate surface area is 108 Å². The van der Waals surface area contributed by atoms with Crippen molar-refractivity contribution in [2.75, 3.05) is 10.6 Å². The minimum atomic E-state index is -0.165. The van der Waals surface area contributed by atoms with E-state index in [-0.39, 0.29) is 6.10 Å². The number of aliphatic hydroxyl groups is 1. The van der Waals surface area contributed by atoms with E-state index in [1.54, 1.807) is 0 Å². The summed E-state index contributed by atoms with van der Waals surface area (Å²) in [4.78, 5) is 10.6. The van der Waals surface area contributed by atoms with E-state index in [1.165, 1.54) is 6.33 Å². The van der Waals surface area contributed by atoms with Crippen LogP contribution in [0.2, 0.25) is 0 Å². The summed E-state index contributed by atoms with van der Waals surface area (Å²) >= 11 is 3.46. The number of aromatic nitrogens is 2. The van der Waals surface area contributed by atoms with Crippen LogP contribution >= 0.6 is 15.9 Å². The Hall–Kier alpha value is -0.880. The van der Waals surface area contributed by atoms with E-state index in [2.05, 4.69) is 30.8 Å². The van der Waals surface area contributed by atoms with Gasteiger partial charge in [0.15, 0.2) is 0 Å². The SMILES string of the molecule is Nc1ncnc(N2C3CCC2CC(O)C3)c1Br. The molecule has 6 heteroatoms. The van der Waals surface area contributed by atoms with E-state index >= 15 is 0 Å². The van der Waals surface area contributed by atoms with Gasteiger partial charge in [0.2, 0.25) is 0 Å². The van der Waals surface area contributed by atoms with E-state index in [0.29, 0.717) is 17.9 Å². The second kappa shape index (κ2) is 4.10. The lowest BCUT2D eigenvalue weighted by molar-refractivity contribution is 0.126. The number of hydrogen-bond donors (Lipinski definition) is 2. The highest BCUT2D eigenvalue weighted by Crippen LogP contribution is 2.41. The van der Waals surface area contributed by atoms with E-state index < -0.39 is 0 Å². The molecule has 0 aliphatic carbocycles. The number of nitrogens with zero attached hydrogens (tertiary/aromatic N) is 3. The first kappa shape index (κ1) is 11.2. The maximum atomic E-state index is 9.78. The molecule has 92 valence electrons. The van der Waals surface area contributed by atoms with Gasteiger partial charge in [0, 0.05) is 12.1 Å². The molecule has 17 heavy (non-hydrogen) atoms. The molecule has 3 heterocycles. The van der Waals surface area contributed by atoms with Gasteiger partial charge in [0.1, 0.15) is 22.4 Å². The fourth-order valence-electron chi connectivity index (χ4n) is 3.05. The lowest BCUT2D eigenvalue weighted by Crippen LogP contribution is -2.45. The smallest absolute Gasteiger partial charge is 0.149 e. The molecular weight excluding hydrogens is 284 g/mol. The molecule has 2 aliphatic heterocycles. The largest absolute Gasteiger partial charge is 0.393 e. The number of nitrogen functional groups attached to an aromatic ring is 1. The van der Waals surface area contributed by atoms with Crippen LogP contribution in [0.4, 0.5) is 11.6 Å². The van der Waals surface area contributed by atoms with Gasteiger partial charge in [-0.05, 0) is 41.6 Å². The number of aliphatic hydroxyl groups excluding tert-OH is 1. The molecule has 1 aromatic rings. The van der Waals surface area contributed by atoms with E-state index in [9.17, 15) is 5.11 Å². The molecule has 0 amide bonds. The summed E-state index contributed by atoms with van der Waals surface area (Å²) in [6, 6.07) is 0.767. The third-order valence-corrected chi connectivity index (χ3v) is 4.51. The molecule has 2 saturated heterocycles. The molecule has 2 unspecified atom stereocenters. The highest BCUT2D eigenvalue weighted by atomic mass is 79.9. The average Bonchev–Trinajstić information content (AvgIpc) is 2.55. The Morgan fingerprint density at radius 2 is 1.94 bits per heavy atom. The summed E-state index contributed by atoms with van der Waals surface area (Å²) in [5, 5.41) is 9.78. The summed E-state index contributed by atoms with van der Waals surface area (Å²) in [7, 11) is 0. The van der Waals surface area contributed by atoms with E-state index in [0.717, 1.165) is 36.0 Å². The maximum Gasteiger partial charge on any atom is 0.149 e. The zero-order chi connectivity index (χ0) is 12.0. The average molecular weight is 299 g/mol. The van der Waals surface area contributed by atoms with Gasteiger partial charge in [-0.3, -0.25) is 0 Å². The number of halogens is 1. The highest BCUT2D eigenvalue weighted by Gasteiger charge is 2.41. The Bertz CT molecular complexity index is 427. The van der Waals surface area contributed by atoms with Crippen molar-refractivity contribution in [3.05, 3.63) is 10.8 Å². The van der Waals surface area contributed by atoms with Crippen molar-refractivity contribution in [2.24, 2.45) is 0 Å². The molecule has 2 atom stereocenters. The quantitative estimate of drug-likeness (QED) is 0.818. The van der Waals surface area contributed by atoms with Crippen LogP contribution in [0.1, 0.15) is 25.7 Å². The molecule has 1 aromatic heterocycles. The van der Waals surface area contributed by atoms with Gasteiger partial charge in [-0.25, -0.2) is 9.97 Å². The zero-order valence-electron chi connectivity index (χ0n) is 9.38. The van der Waals surface area contributed by atoms with Crippen molar-refractivity contribution in [1.29, 1.82) is 0 Å². The second-order valence-corrected chi connectivity index (χ2v) is 5.61. The van der Waals surface area contributed by atoms with Crippen molar-refractivity contribution in [3.8, 4) is 0 Å². The first-order valence-electron chi connectivity index (χ1n) is 5.89. The molecule has 0 saturated carbocycles. The van der Waals surface area contributed by atoms with Crippen LogP contribution in [-0.2, 0) is 0 Å². The monoisotopic (exact) mass is 298 g/mol. The van der Waals surface area contributed by atoms with Crippen molar-refractivity contribution in [1.82, 2.24) is 9.97 Å². The Morgan fingerprint density at radius 3 is 2.59 bits per heavy atom. The van der Waals surface area contributed by atoms with Gasteiger partial charge in [-0.1, -0.05) is 0 Å². The molecule has 0 radical (unpaired) electrons. The fourth-order valence-corrected chi connectivity index (χ4v) is 3.46. The van der Waals surface area contributed by atoms with Gasteiger partial charge < -0.3 is 15.7 Å². The third-order valence-electron chi connectivity index (χ3n) is 3.75. The topological polar surface area (TPSA) is 75.3 Å². The first-order valence-corrected chi connectivity index (χ1v) is 6.68. The van der Waals surface area contributed by atoms with Crippen LogP contribution in [-0.4, -0.2) is 33.3 Å². The summed E-state index contributed by atoms with van der Waals surface area (Å²) < 4.78 is 0.772. The predicted octanol–water partition coefficient (Wildman–Crippen LogP) is 1.31. The van der Waals surface area contributed by atoms with Crippen LogP contribution in [0.5, 0.6) is 0 Å². The van der Waals surface area contributed by atoms with Crippen molar-refractivity contribution in [3.63, 3.8) is 0 Å². The molecule has 2 fully saturated rings. The minimum absolute atomic E-state index is 0.165. The number of piperidine rings is 1. The molecule has 2 aliphatic rings. The standard InChI is InChI=1S/C11H15BrN4O/c12-9-10(13)14-5-15-11(9)16-6-1-2-7(16)4-8(17)3-6/h5-8,17H,1-4H2,(H2,13,14,15). The molecular formula is C11H15BrN4O. The van der Waals surface area contributed by atoms with Crippen molar-refractivity contribution >= 4 is 27.6 Å². The normalized spacial score (nSPS) is 31.9. The maximum absolute atomic E-state index is 9.78. The van der Waals surface area contributed by atoms with Crippen LogP contribution in [0, 0.1) is 0 Å². The first-order chi connectivity index (χ1) is 8.16. The second-order valence-electron chi connectivity index (χ2n) is 4.81. The molecule has 2 bridgehead atoms. The van der Waals surface area contributed by atoms with Gasteiger partial charge in [0.05, 0.1) is 6.10 Å². The van der Waals surface area contributed by atoms with Crippen molar-refractivity contribution < 1.29 is 5.11 Å². The van der Waals surface area contributed by atoms with Crippen LogP contribution in [0.3, 0.4) is 0 Å². The van der Waals surface area contributed by atoms with Gasteiger partial charge in [-0.15, -0.1) is 0 Å². The molecule has 3 N–H and O–H groups in total. The van der Waals surface area contributed by atoms with Crippen molar-refractivity contribution in [2.45, 2.75) is 43.9 Å². The Kier molecular flexibility index (Phi) is 2.71. The fraction of sp³-hybridized carbons (Fsp3) is 0.636. The number of nitrogens with two attached hydrogens (primary N) is 1. The number of fused-ring (bicyclic) bond motifs is 2. The highest BCUT2D eigenvalue weighted by molar-refractivity contribution is 9.10. The van der Waals surface area contributed by atoms with Gasteiger partial charge in [0.25, 0.3) is 0 Å². The summed E-state index contributed by atoms with van der Waals surface area (Å²) in [6.07, 6.45) is 5.23. The lowest BCUT2D eigenvalue weighted by atomic mass is 10.00. The molecule has 5 nitrogen and oxygen atoms in total. The number of hydrogen-bond acceptors (Lipinski definition) is 5. The van der Waals surface area contributed by atoms with Crippen LogP contribution < -0.4 is 10.6 Å². The van der Waals surface area contributed by atoms with Gasteiger partial charge >= 0.3 is 0 Å². The summed E-state index contributed by atoms with van der Waals surface area (Å²) in [5.74, 6) is 1.34. The van der Waals surface area contributed by atoms with E-state index in [1.807, 2.05) is 0 Å². The zero-order valence-corrected chi connectivity index (χ0v) is 11.0. The Morgan fingerprint density at radius 1 is 1.29 bits per heavy atom. The minimum Gasteiger partial charge on any atom is -0.393 e. The number of rotatable bonds is 1. The molecule has 0 aromatic carbocycles. The summed E-state index contributed by atoms with van der Waals surface area (Å²) in [5.41, 5.74) is 5.79. The predicted molar refractivity (Wildman–Crippen MR) is 68.7 cm³/mol. The molecule has 0 spiro atoms. The van der Waals surface area contributed by atoms with Crippen LogP contribution in [0.15, 0.2) is 10.8 Å². The van der Waals surface area contributed by atoms with E-state index in [4.69, 9.17) is 5.73 Å². The summed E-state index contributed by atoms with van der Waals surface area (Å²) in [6.45, 7) is 0. The third kappa shape index (κ3) is 1.79. The number of anilines is 2. The van der Waals surface area contributed by atoms with Crippen LogP contribution in [0.25, 0.3) is 0 Å². The van der Waals surface area contributed by atoms with Gasteiger partial charge in [-0.2, -0.15) is 0 Å².